The lowest BCUT2D eigenvalue weighted by atomic mass is 10.1. The van der Waals surface area contributed by atoms with Crippen molar-refractivity contribution < 1.29 is 17.9 Å². The van der Waals surface area contributed by atoms with E-state index in [0.717, 1.165) is 16.8 Å². The van der Waals surface area contributed by atoms with Gasteiger partial charge in [-0.15, -0.1) is 0 Å². The van der Waals surface area contributed by atoms with Gasteiger partial charge in [-0.3, -0.25) is 4.79 Å². The number of halogens is 4. The molecule has 3 rings (SSSR count). The van der Waals surface area contributed by atoms with Crippen LogP contribution in [0.15, 0.2) is 59.5 Å². The van der Waals surface area contributed by atoms with Crippen LogP contribution in [0.5, 0.6) is 11.5 Å². The van der Waals surface area contributed by atoms with Gasteiger partial charge in [-0.05, 0) is 35.9 Å². The summed E-state index contributed by atoms with van der Waals surface area (Å²) in [5.74, 6) is -1.14. The molecule has 0 N–H and O–H groups in total. The van der Waals surface area contributed by atoms with Gasteiger partial charge in [0.15, 0.2) is 0 Å². The van der Waals surface area contributed by atoms with Crippen molar-refractivity contribution in [1.82, 2.24) is 4.57 Å². The van der Waals surface area contributed by atoms with Gasteiger partial charge in [0.25, 0.3) is 5.56 Å². The van der Waals surface area contributed by atoms with Crippen LogP contribution in [0.4, 0.5) is 13.2 Å². The molecule has 0 amide bonds. The fourth-order valence-corrected chi connectivity index (χ4v) is 2.98. The molecule has 0 aliphatic heterocycles. The summed E-state index contributed by atoms with van der Waals surface area (Å²) >= 11 is 5.87. The maximum atomic E-state index is 13.5. The fourth-order valence-electron chi connectivity index (χ4n) is 2.75. The van der Waals surface area contributed by atoms with Gasteiger partial charge in [-0.25, -0.2) is 0 Å². The first kappa shape index (κ1) is 21.0. The molecule has 0 atom stereocenters. The lowest BCUT2D eigenvalue weighted by molar-refractivity contribution is -0.138. The first-order valence-corrected chi connectivity index (χ1v) is 8.78. The van der Waals surface area contributed by atoms with E-state index in [-0.39, 0.29) is 22.9 Å². The second kappa shape index (κ2) is 8.32. The maximum Gasteiger partial charge on any atom is 0.420 e. The summed E-state index contributed by atoms with van der Waals surface area (Å²) in [4.78, 5) is 12.8. The molecule has 5 nitrogen and oxygen atoms in total. The number of hydrogen-bond donors (Lipinski definition) is 0. The number of aromatic nitrogens is 1. The van der Waals surface area contributed by atoms with E-state index in [2.05, 4.69) is 0 Å². The SMILES string of the molecule is N#Cc1cc(Cl)cc(Oc2c(C(F)(F)F)ccn(Cc3ccccc3C#N)c2=O)c1. The second-order valence-electron chi connectivity index (χ2n) is 6.15. The molecule has 1 aromatic heterocycles. The smallest absolute Gasteiger partial charge is 0.420 e. The van der Waals surface area contributed by atoms with Crippen LogP contribution < -0.4 is 10.3 Å². The predicted octanol–water partition coefficient (Wildman–Crippen LogP) is 5.10. The summed E-state index contributed by atoms with van der Waals surface area (Å²) in [6, 6.07) is 14.6. The van der Waals surface area contributed by atoms with Crippen LogP contribution in [0.3, 0.4) is 0 Å². The molecule has 30 heavy (non-hydrogen) atoms. The number of alkyl halides is 3. The Labute approximate surface area is 173 Å². The Morgan fingerprint density at radius 2 is 1.80 bits per heavy atom. The zero-order valence-electron chi connectivity index (χ0n) is 15.1. The number of benzene rings is 2. The highest BCUT2D eigenvalue weighted by atomic mass is 35.5. The highest BCUT2D eigenvalue weighted by Gasteiger charge is 2.36. The molecule has 3 aromatic rings. The van der Waals surface area contributed by atoms with Crippen molar-refractivity contribution in [3.05, 3.63) is 92.4 Å². The van der Waals surface area contributed by atoms with E-state index in [1.54, 1.807) is 18.2 Å². The molecule has 0 saturated heterocycles. The molecule has 0 radical (unpaired) electrons. The van der Waals surface area contributed by atoms with Gasteiger partial charge in [-0.1, -0.05) is 29.8 Å². The average Bonchev–Trinajstić information content (AvgIpc) is 2.70. The summed E-state index contributed by atoms with van der Waals surface area (Å²) in [7, 11) is 0. The average molecular weight is 430 g/mol. The summed E-state index contributed by atoms with van der Waals surface area (Å²) < 4.78 is 46.7. The van der Waals surface area contributed by atoms with Crippen LogP contribution >= 0.6 is 11.6 Å². The third-order valence-corrected chi connectivity index (χ3v) is 4.34. The van der Waals surface area contributed by atoms with Gasteiger partial charge in [0.05, 0.1) is 29.8 Å². The summed E-state index contributed by atoms with van der Waals surface area (Å²) in [6.07, 6.45) is -3.86. The summed E-state index contributed by atoms with van der Waals surface area (Å²) in [6.45, 7) is -0.129. The highest BCUT2D eigenvalue weighted by molar-refractivity contribution is 6.30. The number of pyridine rings is 1. The van der Waals surface area contributed by atoms with Crippen LogP contribution in [-0.4, -0.2) is 4.57 Å². The Kier molecular flexibility index (Phi) is 5.81. The molecule has 0 saturated carbocycles. The Hall–Kier alpha value is -3.75. The van der Waals surface area contributed by atoms with Crippen LogP contribution in [-0.2, 0) is 12.7 Å². The number of ether oxygens (including phenoxy) is 1. The van der Waals surface area contributed by atoms with E-state index < -0.39 is 23.0 Å². The fraction of sp³-hybridized carbons (Fsp3) is 0.0952. The van der Waals surface area contributed by atoms with Crippen molar-refractivity contribution in [2.24, 2.45) is 0 Å². The first-order valence-electron chi connectivity index (χ1n) is 8.40. The third kappa shape index (κ3) is 4.45. The third-order valence-electron chi connectivity index (χ3n) is 4.13. The minimum atomic E-state index is -4.85. The Balaban J connectivity index is 2.12. The topological polar surface area (TPSA) is 78.8 Å². The van der Waals surface area contributed by atoms with E-state index in [1.807, 2.05) is 12.1 Å². The van der Waals surface area contributed by atoms with Crippen molar-refractivity contribution in [3.63, 3.8) is 0 Å². The largest absolute Gasteiger partial charge is 0.451 e. The molecular weight excluding hydrogens is 419 g/mol. The minimum Gasteiger partial charge on any atom is -0.451 e. The molecule has 9 heteroatoms. The molecule has 0 unspecified atom stereocenters. The van der Waals surface area contributed by atoms with Crippen molar-refractivity contribution in [1.29, 1.82) is 10.5 Å². The van der Waals surface area contributed by atoms with Crippen molar-refractivity contribution in [3.8, 4) is 23.6 Å². The van der Waals surface area contributed by atoms with Crippen LogP contribution in [0.2, 0.25) is 5.02 Å². The van der Waals surface area contributed by atoms with Gasteiger partial charge in [0.1, 0.15) is 11.3 Å². The van der Waals surface area contributed by atoms with Gasteiger partial charge in [-0.2, -0.15) is 23.7 Å². The Morgan fingerprint density at radius 3 is 2.47 bits per heavy atom. The summed E-state index contributed by atoms with van der Waals surface area (Å²) in [5.41, 5.74) is -1.50. The lowest BCUT2D eigenvalue weighted by Gasteiger charge is -2.16. The maximum absolute atomic E-state index is 13.5. The van der Waals surface area contributed by atoms with Crippen LogP contribution in [0, 0.1) is 22.7 Å². The number of nitriles is 2. The van der Waals surface area contributed by atoms with Crippen molar-refractivity contribution in [2.75, 3.05) is 0 Å². The minimum absolute atomic E-state index is 0.0604. The monoisotopic (exact) mass is 429 g/mol. The number of nitrogens with zero attached hydrogens (tertiary/aromatic N) is 3. The number of hydrogen-bond acceptors (Lipinski definition) is 4. The molecule has 2 aromatic carbocycles. The molecule has 150 valence electrons. The molecule has 0 spiro atoms. The van der Waals surface area contributed by atoms with Gasteiger partial charge in [0, 0.05) is 11.2 Å². The quantitative estimate of drug-likeness (QED) is 0.577. The molecular formula is C21H11ClF3N3O2. The van der Waals surface area contributed by atoms with Gasteiger partial charge < -0.3 is 9.30 Å². The molecule has 0 aliphatic carbocycles. The van der Waals surface area contributed by atoms with E-state index in [9.17, 15) is 23.2 Å². The zero-order chi connectivity index (χ0) is 21.9. The summed E-state index contributed by atoms with van der Waals surface area (Å²) in [5, 5.41) is 18.3. The molecule has 1 heterocycles. The van der Waals surface area contributed by atoms with E-state index in [1.165, 1.54) is 24.3 Å². The zero-order valence-corrected chi connectivity index (χ0v) is 15.8. The van der Waals surface area contributed by atoms with E-state index in [4.69, 9.17) is 21.6 Å². The highest BCUT2D eigenvalue weighted by Crippen LogP contribution is 2.36. The second-order valence-corrected chi connectivity index (χ2v) is 6.58. The van der Waals surface area contributed by atoms with Crippen LogP contribution in [0.1, 0.15) is 22.3 Å². The van der Waals surface area contributed by atoms with Crippen LogP contribution in [0.25, 0.3) is 0 Å². The van der Waals surface area contributed by atoms with Gasteiger partial charge >= 0.3 is 6.18 Å². The van der Waals surface area contributed by atoms with Crippen molar-refractivity contribution >= 4 is 11.6 Å². The molecule has 0 fully saturated rings. The standard InChI is InChI=1S/C21H11ClF3N3O2/c22-16-7-13(10-26)8-17(9-16)30-19-18(21(23,24)25)5-6-28(20(19)29)12-15-4-2-1-3-14(15)11-27/h1-9H,12H2. The van der Waals surface area contributed by atoms with E-state index in [0.29, 0.717) is 11.1 Å². The van der Waals surface area contributed by atoms with Crippen molar-refractivity contribution in [2.45, 2.75) is 12.7 Å². The Morgan fingerprint density at radius 1 is 1.07 bits per heavy atom. The van der Waals surface area contributed by atoms with E-state index >= 15 is 0 Å². The molecule has 0 aliphatic rings. The Bertz CT molecular complexity index is 1250. The lowest BCUT2D eigenvalue weighted by Crippen LogP contribution is -2.25. The molecule has 0 bridgehead atoms. The number of rotatable bonds is 4. The normalized spacial score (nSPS) is 10.9. The predicted molar refractivity (Wildman–Crippen MR) is 102 cm³/mol. The van der Waals surface area contributed by atoms with Gasteiger partial charge in [0.2, 0.25) is 5.75 Å². The first-order chi connectivity index (χ1) is 14.2.